The van der Waals surface area contributed by atoms with E-state index in [0.29, 0.717) is 25.7 Å². The van der Waals surface area contributed by atoms with E-state index in [4.69, 9.17) is 9.84 Å². The van der Waals surface area contributed by atoms with E-state index in [0.717, 1.165) is 0 Å². The quantitative estimate of drug-likeness (QED) is 0.359. The van der Waals surface area contributed by atoms with Gasteiger partial charge in [0, 0.05) is 12.7 Å². The molecule has 0 aliphatic heterocycles. The number of rotatable bonds is 9. The fraction of sp³-hybridized carbons (Fsp3) is 0.867. The van der Waals surface area contributed by atoms with Gasteiger partial charge in [-0.15, -0.1) is 0 Å². The van der Waals surface area contributed by atoms with Crippen LogP contribution >= 0.6 is 0 Å². The van der Waals surface area contributed by atoms with E-state index < -0.39 is 57.6 Å². The fourth-order valence-corrected chi connectivity index (χ4v) is 3.38. The van der Waals surface area contributed by atoms with Gasteiger partial charge >= 0.3 is 23.1 Å². The monoisotopic (exact) mass is 406 g/mol. The zero-order chi connectivity index (χ0) is 20.2. The normalized spacial score (nSPS) is 22.0. The second-order valence-electron chi connectivity index (χ2n) is 6.50. The molecule has 1 N–H and O–H groups in total. The SMILES string of the molecule is CS(=O)(=O)C(F)(F)C(F)(F)CCCCOC(=O)C1CCC(C(=O)O)CC1. The lowest BCUT2D eigenvalue weighted by Crippen LogP contribution is -2.46. The Balaban J connectivity index is 2.33. The molecule has 0 heterocycles. The van der Waals surface area contributed by atoms with E-state index in [1.54, 1.807) is 0 Å². The third kappa shape index (κ3) is 5.55. The summed E-state index contributed by atoms with van der Waals surface area (Å²) in [6, 6.07) is 0. The molecule has 0 radical (unpaired) electrons. The first-order valence-corrected chi connectivity index (χ1v) is 10.0. The van der Waals surface area contributed by atoms with Gasteiger partial charge in [-0.25, -0.2) is 8.42 Å². The summed E-state index contributed by atoms with van der Waals surface area (Å²) in [7, 11) is -5.25. The summed E-state index contributed by atoms with van der Waals surface area (Å²) in [5.74, 6) is -7.13. The van der Waals surface area contributed by atoms with Crippen LogP contribution in [0.15, 0.2) is 0 Å². The Kier molecular flexibility index (Phi) is 7.43. The van der Waals surface area contributed by atoms with Gasteiger partial charge < -0.3 is 9.84 Å². The summed E-state index contributed by atoms with van der Waals surface area (Å²) in [6.07, 6.45) is -0.467. The van der Waals surface area contributed by atoms with E-state index in [1.807, 2.05) is 0 Å². The minimum atomic E-state index is -5.25. The van der Waals surface area contributed by atoms with E-state index in [-0.39, 0.29) is 19.3 Å². The average Bonchev–Trinajstić information content (AvgIpc) is 2.53. The van der Waals surface area contributed by atoms with Gasteiger partial charge in [0.1, 0.15) is 0 Å². The van der Waals surface area contributed by atoms with E-state index in [2.05, 4.69) is 0 Å². The molecule has 26 heavy (non-hydrogen) atoms. The van der Waals surface area contributed by atoms with Crippen LogP contribution in [-0.4, -0.2) is 49.5 Å². The Morgan fingerprint density at radius 3 is 2.00 bits per heavy atom. The molecule has 0 unspecified atom stereocenters. The Hall–Kier alpha value is -1.39. The minimum absolute atomic E-state index is 0.0434. The maximum absolute atomic E-state index is 13.4. The summed E-state index contributed by atoms with van der Waals surface area (Å²) < 4.78 is 79.7. The van der Waals surface area contributed by atoms with Crippen molar-refractivity contribution in [2.75, 3.05) is 12.9 Å². The number of carbonyl (C=O) groups is 2. The predicted molar refractivity (Wildman–Crippen MR) is 82.6 cm³/mol. The van der Waals surface area contributed by atoms with Crippen molar-refractivity contribution in [3.63, 3.8) is 0 Å². The van der Waals surface area contributed by atoms with Crippen molar-refractivity contribution in [2.24, 2.45) is 11.8 Å². The smallest absolute Gasteiger partial charge is 0.406 e. The Morgan fingerprint density at radius 1 is 1.04 bits per heavy atom. The molecule has 0 aromatic carbocycles. The highest BCUT2D eigenvalue weighted by atomic mass is 32.2. The van der Waals surface area contributed by atoms with Crippen LogP contribution < -0.4 is 0 Å². The van der Waals surface area contributed by atoms with Crippen molar-refractivity contribution in [1.29, 1.82) is 0 Å². The summed E-state index contributed by atoms with van der Waals surface area (Å²) in [5, 5.41) is 3.71. The minimum Gasteiger partial charge on any atom is -0.481 e. The number of carboxylic acid groups (broad SMARTS) is 1. The third-order valence-corrected chi connectivity index (χ3v) is 5.66. The van der Waals surface area contributed by atoms with Gasteiger partial charge in [0.05, 0.1) is 18.4 Å². The molecule has 1 saturated carbocycles. The van der Waals surface area contributed by atoms with Crippen LogP contribution in [0.2, 0.25) is 0 Å². The first kappa shape index (κ1) is 22.7. The lowest BCUT2D eigenvalue weighted by molar-refractivity contribution is -0.162. The van der Waals surface area contributed by atoms with Crippen LogP contribution in [0.5, 0.6) is 0 Å². The molecule has 0 aromatic heterocycles. The average molecular weight is 406 g/mol. The highest BCUT2D eigenvalue weighted by molar-refractivity contribution is 7.91. The molecule has 1 fully saturated rings. The van der Waals surface area contributed by atoms with Gasteiger partial charge in [-0.2, -0.15) is 17.6 Å². The number of carboxylic acids is 1. The summed E-state index contributed by atoms with van der Waals surface area (Å²) in [6.45, 7) is -0.252. The second-order valence-corrected chi connectivity index (χ2v) is 8.56. The highest BCUT2D eigenvalue weighted by Crippen LogP contribution is 2.41. The molecule has 1 rings (SSSR count). The fourth-order valence-electron chi connectivity index (χ4n) is 2.73. The number of aliphatic carboxylic acids is 1. The Labute approximate surface area is 148 Å². The third-order valence-electron chi connectivity index (χ3n) is 4.43. The molecule has 11 heteroatoms. The van der Waals surface area contributed by atoms with Crippen LogP contribution in [-0.2, 0) is 24.2 Å². The van der Waals surface area contributed by atoms with E-state index in [9.17, 15) is 35.6 Å². The number of ether oxygens (including phenoxy) is 1. The van der Waals surface area contributed by atoms with Crippen LogP contribution in [0.1, 0.15) is 44.9 Å². The zero-order valence-corrected chi connectivity index (χ0v) is 15.0. The topological polar surface area (TPSA) is 97.7 Å². The number of sulfone groups is 1. The highest BCUT2D eigenvalue weighted by Gasteiger charge is 2.62. The van der Waals surface area contributed by atoms with Crippen molar-refractivity contribution in [3.8, 4) is 0 Å². The summed E-state index contributed by atoms with van der Waals surface area (Å²) in [4.78, 5) is 22.6. The van der Waals surface area contributed by atoms with Crippen molar-refractivity contribution in [1.82, 2.24) is 0 Å². The molecule has 0 saturated heterocycles. The molecule has 152 valence electrons. The first-order chi connectivity index (χ1) is 11.8. The molecule has 0 atom stereocenters. The predicted octanol–water partition coefficient (Wildman–Crippen LogP) is 2.86. The van der Waals surface area contributed by atoms with Gasteiger partial charge in [0.2, 0.25) is 9.84 Å². The van der Waals surface area contributed by atoms with Crippen LogP contribution in [0, 0.1) is 11.8 Å². The zero-order valence-electron chi connectivity index (χ0n) is 14.2. The molecule has 0 amide bonds. The lowest BCUT2D eigenvalue weighted by Gasteiger charge is -2.25. The van der Waals surface area contributed by atoms with Crippen molar-refractivity contribution >= 4 is 21.8 Å². The molecule has 6 nitrogen and oxygen atoms in total. The number of unbranched alkanes of at least 4 members (excludes halogenated alkanes) is 1. The lowest BCUT2D eigenvalue weighted by atomic mass is 9.82. The maximum atomic E-state index is 13.4. The molecular formula is C15H22F4O6S. The van der Waals surface area contributed by atoms with Gasteiger partial charge in [-0.1, -0.05) is 0 Å². The largest absolute Gasteiger partial charge is 0.481 e. The molecule has 1 aliphatic rings. The standard InChI is InChI=1S/C15H22F4O6S/c1-26(23,24)15(18,19)14(16,17)8-2-3-9-25-13(22)11-6-4-10(5-7-11)12(20)21/h10-11H,2-9H2,1H3,(H,20,21). The molecule has 0 spiro atoms. The number of hydrogen-bond acceptors (Lipinski definition) is 5. The van der Waals surface area contributed by atoms with Crippen molar-refractivity contribution in [2.45, 2.75) is 56.1 Å². The number of carbonyl (C=O) groups excluding carboxylic acids is 1. The number of esters is 1. The van der Waals surface area contributed by atoms with Crippen LogP contribution in [0.25, 0.3) is 0 Å². The van der Waals surface area contributed by atoms with Crippen LogP contribution in [0.4, 0.5) is 17.6 Å². The number of alkyl halides is 4. The van der Waals surface area contributed by atoms with E-state index in [1.165, 1.54) is 0 Å². The van der Waals surface area contributed by atoms with Crippen molar-refractivity contribution in [3.05, 3.63) is 0 Å². The summed E-state index contributed by atoms with van der Waals surface area (Å²) in [5.41, 5.74) is 0. The maximum Gasteiger partial charge on any atom is 0.406 e. The van der Waals surface area contributed by atoms with E-state index >= 15 is 0 Å². The molecule has 0 aromatic rings. The second kappa shape index (κ2) is 8.53. The van der Waals surface area contributed by atoms with Gasteiger partial charge in [-0.3, -0.25) is 9.59 Å². The Bertz CT molecular complexity index is 612. The Morgan fingerprint density at radius 2 is 1.54 bits per heavy atom. The van der Waals surface area contributed by atoms with Crippen molar-refractivity contribution < 1.29 is 45.4 Å². The van der Waals surface area contributed by atoms with Gasteiger partial charge in [0.25, 0.3) is 0 Å². The van der Waals surface area contributed by atoms with Gasteiger partial charge in [0.15, 0.2) is 0 Å². The molecule has 0 bridgehead atoms. The first-order valence-electron chi connectivity index (χ1n) is 8.14. The molecular weight excluding hydrogens is 384 g/mol. The number of hydrogen-bond donors (Lipinski definition) is 1. The number of halogens is 4. The van der Waals surface area contributed by atoms with Gasteiger partial charge in [-0.05, 0) is 38.5 Å². The summed E-state index contributed by atoms with van der Waals surface area (Å²) >= 11 is 0. The molecule has 1 aliphatic carbocycles. The van der Waals surface area contributed by atoms with Crippen LogP contribution in [0.3, 0.4) is 0 Å².